The SMILES string of the molecule is CCn1ncnc1-c1cc(C(=O)O)n(C)n1. The molecule has 0 fully saturated rings. The Kier molecular flexibility index (Phi) is 2.43. The molecule has 0 aliphatic rings. The fourth-order valence-corrected chi connectivity index (χ4v) is 1.47. The lowest BCUT2D eigenvalue weighted by atomic mass is 10.3. The maximum Gasteiger partial charge on any atom is 0.354 e. The highest BCUT2D eigenvalue weighted by Crippen LogP contribution is 2.15. The molecular weight excluding hydrogens is 210 g/mol. The molecule has 2 aromatic rings. The van der Waals surface area contributed by atoms with Crippen molar-refractivity contribution in [2.75, 3.05) is 0 Å². The van der Waals surface area contributed by atoms with Gasteiger partial charge in [-0.05, 0) is 6.92 Å². The summed E-state index contributed by atoms with van der Waals surface area (Å²) >= 11 is 0. The van der Waals surface area contributed by atoms with Crippen molar-refractivity contribution < 1.29 is 9.90 Å². The summed E-state index contributed by atoms with van der Waals surface area (Å²) in [4.78, 5) is 14.9. The molecule has 2 aromatic heterocycles. The van der Waals surface area contributed by atoms with Crippen LogP contribution in [0.3, 0.4) is 0 Å². The first-order valence-electron chi connectivity index (χ1n) is 4.79. The van der Waals surface area contributed by atoms with E-state index in [2.05, 4.69) is 15.2 Å². The van der Waals surface area contributed by atoms with Gasteiger partial charge in [0.05, 0.1) is 0 Å². The van der Waals surface area contributed by atoms with Gasteiger partial charge in [-0.25, -0.2) is 14.5 Å². The predicted molar refractivity (Wildman–Crippen MR) is 54.9 cm³/mol. The van der Waals surface area contributed by atoms with Crippen molar-refractivity contribution in [1.82, 2.24) is 24.5 Å². The van der Waals surface area contributed by atoms with Crippen LogP contribution in [0.5, 0.6) is 0 Å². The number of aromatic nitrogens is 5. The Morgan fingerprint density at radius 2 is 2.31 bits per heavy atom. The molecule has 0 saturated carbocycles. The number of carboxylic acids is 1. The third kappa shape index (κ3) is 1.56. The average molecular weight is 221 g/mol. The van der Waals surface area contributed by atoms with Crippen molar-refractivity contribution in [3.8, 4) is 11.5 Å². The van der Waals surface area contributed by atoms with Gasteiger partial charge in [0, 0.05) is 19.7 Å². The van der Waals surface area contributed by atoms with E-state index in [0.29, 0.717) is 18.1 Å². The molecule has 0 radical (unpaired) electrons. The first kappa shape index (κ1) is 10.3. The Labute approximate surface area is 91.3 Å². The van der Waals surface area contributed by atoms with Crippen molar-refractivity contribution in [1.29, 1.82) is 0 Å². The summed E-state index contributed by atoms with van der Waals surface area (Å²) < 4.78 is 2.97. The van der Waals surface area contributed by atoms with Crippen LogP contribution in [0.2, 0.25) is 0 Å². The van der Waals surface area contributed by atoms with Gasteiger partial charge in [0.2, 0.25) is 0 Å². The molecule has 16 heavy (non-hydrogen) atoms. The van der Waals surface area contributed by atoms with E-state index in [4.69, 9.17) is 5.11 Å². The summed E-state index contributed by atoms with van der Waals surface area (Å²) in [5.74, 6) is -0.436. The second kappa shape index (κ2) is 3.76. The normalized spacial score (nSPS) is 10.6. The second-order valence-corrected chi connectivity index (χ2v) is 3.24. The standard InChI is InChI=1S/C9H11N5O2/c1-3-14-8(10-5-11-14)6-4-7(9(15)16)13(2)12-6/h4-5H,3H2,1-2H3,(H,15,16). The summed E-state index contributed by atoms with van der Waals surface area (Å²) in [6.45, 7) is 2.59. The van der Waals surface area contributed by atoms with E-state index in [1.165, 1.54) is 17.1 Å². The highest BCUT2D eigenvalue weighted by molar-refractivity contribution is 5.86. The van der Waals surface area contributed by atoms with E-state index in [1.54, 1.807) is 11.7 Å². The minimum atomic E-state index is -1.01. The van der Waals surface area contributed by atoms with Crippen molar-refractivity contribution in [3.05, 3.63) is 18.1 Å². The fourth-order valence-electron chi connectivity index (χ4n) is 1.47. The lowest BCUT2D eigenvalue weighted by molar-refractivity contribution is 0.0685. The Balaban J connectivity index is 2.49. The number of rotatable bonds is 3. The third-order valence-electron chi connectivity index (χ3n) is 2.24. The van der Waals surface area contributed by atoms with Gasteiger partial charge in [-0.1, -0.05) is 0 Å². The Morgan fingerprint density at radius 1 is 1.56 bits per heavy atom. The van der Waals surface area contributed by atoms with Crippen LogP contribution in [-0.4, -0.2) is 35.6 Å². The first-order valence-corrected chi connectivity index (χ1v) is 4.79. The minimum Gasteiger partial charge on any atom is -0.477 e. The minimum absolute atomic E-state index is 0.126. The third-order valence-corrected chi connectivity index (χ3v) is 2.24. The van der Waals surface area contributed by atoms with Crippen molar-refractivity contribution in [2.45, 2.75) is 13.5 Å². The molecule has 1 N–H and O–H groups in total. The summed E-state index contributed by atoms with van der Waals surface area (Å²) in [5, 5.41) is 17.0. The zero-order valence-electron chi connectivity index (χ0n) is 8.95. The van der Waals surface area contributed by atoms with Gasteiger partial charge in [-0.15, -0.1) is 0 Å². The van der Waals surface area contributed by atoms with Crippen LogP contribution in [-0.2, 0) is 13.6 Å². The highest BCUT2D eigenvalue weighted by atomic mass is 16.4. The van der Waals surface area contributed by atoms with Crippen LogP contribution in [0.15, 0.2) is 12.4 Å². The predicted octanol–water partition coefficient (Wildman–Crippen LogP) is 0.397. The number of nitrogens with zero attached hydrogens (tertiary/aromatic N) is 5. The maximum absolute atomic E-state index is 10.9. The van der Waals surface area contributed by atoms with Crippen LogP contribution >= 0.6 is 0 Å². The number of carbonyl (C=O) groups is 1. The number of aryl methyl sites for hydroxylation is 2. The molecule has 0 unspecified atom stereocenters. The van der Waals surface area contributed by atoms with Gasteiger partial charge in [0.15, 0.2) is 5.82 Å². The molecule has 0 aromatic carbocycles. The summed E-state index contributed by atoms with van der Waals surface area (Å²) in [5.41, 5.74) is 0.639. The van der Waals surface area contributed by atoms with E-state index in [9.17, 15) is 4.79 Å². The second-order valence-electron chi connectivity index (χ2n) is 3.24. The number of aromatic carboxylic acids is 1. The molecule has 0 bridgehead atoms. The summed E-state index contributed by atoms with van der Waals surface area (Å²) in [7, 11) is 1.58. The van der Waals surface area contributed by atoms with E-state index >= 15 is 0 Å². The molecular formula is C9H11N5O2. The highest BCUT2D eigenvalue weighted by Gasteiger charge is 2.16. The molecule has 84 valence electrons. The van der Waals surface area contributed by atoms with Crippen LogP contribution in [0, 0.1) is 0 Å². The van der Waals surface area contributed by atoms with E-state index in [-0.39, 0.29) is 5.69 Å². The number of hydrogen-bond donors (Lipinski definition) is 1. The fraction of sp³-hybridized carbons (Fsp3) is 0.333. The van der Waals surface area contributed by atoms with Gasteiger partial charge < -0.3 is 5.11 Å². The molecule has 7 nitrogen and oxygen atoms in total. The van der Waals surface area contributed by atoms with Gasteiger partial charge in [0.25, 0.3) is 0 Å². The largest absolute Gasteiger partial charge is 0.477 e. The first-order chi connectivity index (χ1) is 7.63. The van der Waals surface area contributed by atoms with Crippen LogP contribution < -0.4 is 0 Å². The lowest BCUT2D eigenvalue weighted by Gasteiger charge is -1.97. The molecule has 0 aliphatic carbocycles. The van der Waals surface area contributed by atoms with Crippen LogP contribution in [0.4, 0.5) is 0 Å². The molecule has 7 heteroatoms. The lowest BCUT2D eigenvalue weighted by Crippen LogP contribution is -2.04. The van der Waals surface area contributed by atoms with Gasteiger partial charge >= 0.3 is 5.97 Å². The molecule has 0 atom stereocenters. The van der Waals surface area contributed by atoms with E-state index < -0.39 is 5.97 Å². The molecule has 0 saturated heterocycles. The Bertz CT molecular complexity index is 528. The Morgan fingerprint density at radius 3 is 2.88 bits per heavy atom. The van der Waals surface area contributed by atoms with Gasteiger partial charge in [-0.3, -0.25) is 4.68 Å². The maximum atomic E-state index is 10.9. The Hall–Kier alpha value is -2.18. The zero-order chi connectivity index (χ0) is 11.7. The summed E-state index contributed by atoms with van der Waals surface area (Å²) in [6, 6.07) is 1.48. The van der Waals surface area contributed by atoms with Crippen LogP contribution in [0.1, 0.15) is 17.4 Å². The zero-order valence-corrected chi connectivity index (χ0v) is 8.95. The summed E-state index contributed by atoms with van der Waals surface area (Å²) in [6.07, 6.45) is 1.42. The molecule has 0 aliphatic heterocycles. The van der Waals surface area contributed by atoms with Gasteiger partial charge in [0.1, 0.15) is 17.7 Å². The number of carboxylic acid groups (broad SMARTS) is 1. The van der Waals surface area contributed by atoms with Gasteiger partial charge in [-0.2, -0.15) is 10.2 Å². The topological polar surface area (TPSA) is 85.8 Å². The van der Waals surface area contributed by atoms with Crippen molar-refractivity contribution in [3.63, 3.8) is 0 Å². The molecule has 2 heterocycles. The molecule has 0 amide bonds. The van der Waals surface area contributed by atoms with E-state index in [1.807, 2.05) is 6.92 Å². The van der Waals surface area contributed by atoms with E-state index in [0.717, 1.165) is 0 Å². The smallest absolute Gasteiger partial charge is 0.354 e. The average Bonchev–Trinajstić information content (AvgIpc) is 2.82. The number of hydrogen-bond acceptors (Lipinski definition) is 4. The molecule has 2 rings (SSSR count). The molecule has 0 spiro atoms. The van der Waals surface area contributed by atoms with Crippen molar-refractivity contribution >= 4 is 5.97 Å². The van der Waals surface area contributed by atoms with Crippen LogP contribution in [0.25, 0.3) is 11.5 Å². The van der Waals surface area contributed by atoms with Crippen molar-refractivity contribution in [2.24, 2.45) is 7.05 Å². The quantitative estimate of drug-likeness (QED) is 0.810. The monoisotopic (exact) mass is 221 g/mol.